The van der Waals surface area contributed by atoms with Crippen molar-refractivity contribution < 1.29 is 23.8 Å². The summed E-state index contributed by atoms with van der Waals surface area (Å²) in [5.41, 5.74) is 5.23. The van der Waals surface area contributed by atoms with E-state index in [1.165, 1.54) is 18.2 Å². The van der Waals surface area contributed by atoms with Crippen LogP contribution in [0.25, 0.3) is 6.08 Å². The van der Waals surface area contributed by atoms with Gasteiger partial charge in [-0.15, -0.1) is 0 Å². The number of benzene rings is 1. The molecule has 0 saturated carbocycles. The largest absolute Gasteiger partial charge is 0.492 e. The van der Waals surface area contributed by atoms with E-state index in [0.717, 1.165) is 12.1 Å². The van der Waals surface area contributed by atoms with Crippen LogP contribution < -0.4 is 10.5 Å². The molecule has 0 radical (unpaired) electrons. The van der Waals surface area contributed by atoms with E-state index in [9.17, 15) is 14.0 Å². The Morgan fingerprint density at radius 3 is 2.78 bits per heavy atom. The maximum atomic E-state index is 13.0. The van der Waals surface area contributed by atoms with E-state index < -0.39 is 17.7 Å². The van der Waals surface area contributed by atoms with E-state index in [4.69, 9.17) is 15.6 Å². The standard InChI is InChI=1S/C12H12FNO4/c13-9-2-3-10(18-6-5-11(14)15)8(7-9)1-4-12(16)17/h1-4,7H,5-6H2,(H2,14,15)(H,16,17)/b4-1+. The van der Waals surface area contributed by atoms with Crippen molar-refractivity contribution in [3.8, 4) is 5.75 Å². The number of carboxylic acids is 1. The Bertz CT molecular complexity index is 485. The number of rotatable bonds is 6. The first kappa shape index (κ1) is 13.7. The van der Waals surface area contributed by atoms with Crippen LogP contribution in [0.5, 0.6) is 5.75 Å². The van der Waals surface area contributed by atoms with E-state index >= 15 is 0 Å². The fourth-order valence-corrected chi connectivity index (χ4v) is 1.20. The van der Waals surface area contributed by atoms with E-state index in [1.54, 1.807) is 0 Å². The molecular formula is C12H12FNO4. The molecule has 96 valence electrons. The number of carbonyl (C=O) groups is 2. The third kappa shape index (κ3) is 4.65. The minimum Gasteiger partial charge on any atom is -0.492 e. The lowest BCUT2D eigenvalue weighted by molar-refractivity contribution is -0.131. The van der Waals surface area contributed by atoms with Crippen LogP contribution in [0.3, 0.4) is 0 Å². The Balaban J connectivity index is 2.82. The molecule has 0 bridgehead atoms. The van der Waals surface area contributed by atoms with E-state index in [-0.39, 0.29) is 24.3 Å². The van der Waals surface area contributed by atoms with Crippen LogP contribution in [0.4, 0.5) is 4.39 Å². The first-order valence-corrected chi connectivity index (χ1v) is 5.10. The van der Waals surface area contributed by atoms with Crippen molar-refractivity contribution in [2.75, 3.05) is 6.61 Å². The molecule has 1 amide bonds. The molecule has 0 aromatic heterocycles. The first-order valence-electron chi connectivity index (χ1n) is 5.10. The Morgan fingerprint density at radius 1 is 1.44 bits per heavy atom. The lowest BCUT2D eigenvalue weighted by Crippen LogP contribution is -2.14. The second-order valence-electron chi connectivity index (χ2n) is 3.42. The quantitative estimate of drug-likeness (QED) is 0.745. The van der Waals surface area contributed by atoms with Gasteiger partial charge in [0.2, 0.25) is 5.91 Å². The molecule has 1 aromatic carbocycles. The molecule has 0 saturated heterocycles. The average Bonchev–Trinajstić information content (AvgIpc) is 2.28. The summed E-state index contributed by atoms with van der Waals surface area (Å²) in [5.74, 6) is -1.89. The Kier molecular flexibility index (Phi) is 4.86. The number of carbonyl (C=O) groups excluding carboxylic acids is 1. The van der Waals surface area contributed by atoms with Crippen molar-refractivity contribution in [3.63, 3.8) is 0 Å². The minimum atomic E-state index is -1.15. The predicted molar refractivity (Wildman–Crippen MR) is 62.4 cm³/mol. The second kappa shape index (κ2) is 6.39. The second-order valence-corrected chi connectivity index (χ2v) is 3.42. The van der Waals surface area contributed by atoms with Crippen molar-refractivity contribution in [2.45, 2.75) is 6.42 Å². The van der Waals surface area contributed by atoms with Crippen LogP contribution in [0.2, 0.25) is 0 Å². The van der Waals surface area contributed by atoms with Crippen LogP contribution in [-0.2, 0) is 9.59 Å². The Morgan fingerprint density at radius 2 is 2.17 bits per heavy atom. The summed E-state index contributed by atoms with van der Waals surface area (Å²) >= 11 is 0. The van der Waals surface area contributed by atoms with Crippen molar-refractivity contribution in [1.82, 2.24) is 0 Å². The molecule has 5 nitrogen and oxygen atoms in total. The highest BCUT2D eigenvalue weighted by molar-refractivity contribution is 5.85. The average molecular weight is 253 g/mol. The summed E-state index contributed by atoms with van der Waals surface area (Å²) in [6.07, 6.45) is 2.11. The van der Waals surface area contributed by atoms with Crippen molar-refractivity contribution in [3.05, 3.63) is 35.7 Å². The van der Waals surface area contributed by atoms with Gasteiger partial charge in [-0.1, -0.05) is 0 Å². The van der Waals surface area contributed by atoms with Crippen LogP contribution in [0.1, 0.15) is 12.0 Å². The van der Waals surface area contributed by atoms with Crippen LogP contribution >= 0.6 is 0 Å². The molecule has 0 heterocycles. The number of halogens is 1. The van der Waals surface area contributed by atoms with Gasteiger partial charge in [0.15, 0.2) is 0 Å². The third-order valence-corrected chi connectivity index (χ3v) is 1.98. The van der Waals surface area contributed by atoms with Gasteiger partial charge < -0.3 is 15.6 Å². The van der Waals surface area contributed by atoms with Crippen LogP contribution in [-0.4, -0.2) is 23.6 Å². The van der Waals surface area contributed by atoms with Gasteiger partial charge in [0.05, 0.1) is 13.0 Å². The zero-order chi connectivity index (χ0) is 13.5. The molecule has 1 rings (SSSR count). The van der Waals surface area contributed by atoms with Gasteiger partial charge in [-0.05, 0) is 24.3 Å². The van der Waals surface area contributed by atoms with Gasteiger partial charge in [0.1, 0.15) is 11.6 Å². The summed E-state index contributed by atoms with van der Waals surface area (Å²) in [6, 6.07) is 3.68. The number of carboxylic acid groups (broad SMARTS) is 1. The minimum absolute atomic E-state index is 0.0272. The Labute approximate surface area is 103 Å². The fourth-order valence-electron chi connectivity index (χ4n) is 1.20. The zero-order valence-electron chi connectivity index (χ0n) is 9.43. The fraction of sp³-hybridized carbons (Fsp3) is 0.167. The highest BCUT2D eigenvalue weighted by Crippen LogP contribution is 2.21. The molecule has 0 aliphatic heterocycles. The molecule has 0 atom stereocenters. The van der Waals surface area contributed by atoms with Gasteiger partial charge in [0, 0.05) is 11.6 Å². The number of hydrogen-bond donors (Lipinski definition) is 2. The highest BCUT2D eigenvalue weighted by atomic mass is 19.1. The first-order chi connectivity index (χ1) is 8.49. The van der Waals surface area contributed by atoms with Gasteiger partial charge >= 0.3 is 5.97 Å². The summed E-state index contributed by atoms with van der Waals surface area (Å²) in [5, 5.41) is 8.50. The normalized spacial score (nSPS) is 10.5. The summed E-state index contributed by atoms with van der Waals surface area (Å²) in [6.45, 7) is 0.0505. The van der Waals surface area contributed by atoms with Gasteiger partial charge in [-0.25, -0.2) is 9.18 Å². The molecule has 0 aliphatic carbocycles. The summed E-state index contributed by atoms with van der Waals surface area (Å²) in [7, 11) is 0. The molecule has 0 fully saturated rings. The summed E-state index contributed by atoms with van der Waals surface area (Å²) < 4.78 is 18.2. The van der Waals surface area contributed by atoms with Gasteiger partial charge in [-0.3, -0.25) is 4.79 Å². The number of amides is 1. The predicted octanol–water partition coefficient (Wildman–Crippen LogP) is 1.18. The molecule has 3 N–H and O–H groups in total. The van der Waals surface area contributed by atoms with Crippen molar-refractivity contribution >= 4 is 18.0 Å². The van der Waals surface area contributed by atoms with Crippen LogP contribution in [0, 0.1) is 5.82 Å². The van der Waals surface area contributed by atoms with Gasteiger partial charge in [-0.2, -0.15) is 0 Å². The number of nitrogens with two attached hydrogens (primary N) is 1. The SMILES string of the molecule is NC(=O)CCOc1ccc(F)cc1/C=C/C(=O)O. The number of primary amides is 1. The molecule has 18 heavy (non-hydrogen) atoms. The van der Waals surface area contributed by atoms with Crippen molar-refractivity contribution in [2.24, 2.45) is 5.73 Å². The van der Waals surface area contributed by atoms with Gasteiger partial charge in [0.25, 0.3) is 0 Å². The monoisotopic (exact) mass is 253 g/mol. The van der Waals surface area contributed by atoms with E-state index in [2.05, 4.69) is 0 Å². The Hall–Kier alpha value is -2.37. The zero-order valence-corrected chi connectivity index (χ0v) is 9.43. The lowest BCUT2D eigenvalue weighted by atomic mass is 10.2. The smallest absolute Gasteiger partial charge is 0.328 e. The van der Waals surface area contributed by atoms with Crippen molar-refractivity contribution in [1.29, 1.82) is 0 Å². The molecular weight excluding hydrogens is 241 g/mol. The number of aliphatic carboxylic acids is 1. The molecule has 1 aromatic rings. The molecule has 0 spiro atoms. The molecule has 0 aliphatic rings. The van der Waals surface area contributed by atoms with E-state index in [1.807, 2.05) is 0 Å². The number of ether oxygens (including phenoxy) is 1. The molecule has 0 unspecified atom stereocenters. The van der Waals surface area contributed by atoms with E-state index in [0.29, 0.717) is 0 Å². The maximum absolute atomic E-state index is 13.0. The van der Waals surface area contributed by atoms with Crippen LogP contribution in [0.15, 0.2) is 24.3 Å². The third-order valence-electron chi connectivity index (χ3n) is 1.98. The number of hydrogen-bond acceptors (Lipinski definition) is 3. The lowest BCUT2D eigenvalue weighted by Gasteiger charge is -2.08. The topological polar surface area (TPSA) is 89.6 Å². The maximum Gasteiger partial charge on any atom is 0.328 e. The summed E-state index contributed by atoms with van der Waals surface area (Å²) in [4.78, 5) is 20.9. The molecule has 6 heteroatoms. The highest BCUT2D eigenvalue weighted by Gasteiger charge is 2.04.